The maximum atomic E-state index is 11.9. The maximum absolute atomic E-state index is 11.9. The quantitative estimate of drug-likeness (QED) is 0.667. The third-order valence-corrected chi connectivity index (χ3v) is 4.07. The number of aromatic carboxylic acids is 1. The van der Waals surface area contributed by atoms with E-state index in [0.29, 0.717) is 47.1 Å². The van der Waals surface area contributed by atoms with Crippen molar-refractivity contribution in [3.63, 3.8) is 0 Å². The Labute approximate surface area is 157 Å². The number of hydrogen-bond donors (Lipinski definition) is 1. The SMILES string of the molecule is CCOc1cc2nc(-c3cccc(OC)c3)cc(C(=O)O)c2cc1OCC. The van der Waals surface area contributed by atoms with Gasteiger partial charge in [-0.15, -0.1) is 0 Å². The number of carboxylic acid groups (broad SMARTS) is 1. The molecule has 0 spiro atoms. The van der Waals surface area contributed by atoms with Crippen LogP contribution in [0, 0.1) is 0 Å². The van der Waals surface area contributed by atoms with E-state index in [2.05, 4.69) is 4.98 Å². The smallest absolute Gasteiger partial charge is 0.336 e. The molecule has 0 aliphatic carbocycles. The zero-order valence-electron chi connectivity index (χ0n) is 15.5. The van der Waals surface area contributed by atoms with Crippen LogP contribution in [0.5, 0.6) is 17.2 Å². The van der Waals surface area contributed by atoms with Gasteiger partial charge in [-0.2, -0.15) is 0 Å². The van der Waals surface area contributed by atoms with Crippen LogP contribution in [-0.4, -0.2) is 36.4 Å². The Morgan fingerprint density at radius 2 is 1.74 bits per heavy atom. The summed E-state index contributed by atoms with van der Waals surface area (Å²) >= 11 is 0. The Morgan fingerprint density at radius 1 is 1.04 bits per heavy atom. The van der Waals surface area contributed by atoms with E-state index in [-0.39, 0.29) is 5.56 Å². The summed E-state index contributed by atoms with van der Waals surface area (Å²) in [6.45, 7) is 4.65. The van der Waals surface area contributed by atoms with Crippen molar-refractivity contribution in [2.45, 2.75) is 13.8 Å². The Kier molecular flexibility index (Phi) is 5.45. The van der Waals surface area contributed by atoms with Crippen molar-refractivity contribution < 1.29 is 24.1 Å². The van der Waals surface area contributed by atoms with Gasteiger partial charge in [-0.1, -0.05) is 12.1 Å². The van der Waals surface area contributed by atoms with Gasteiger partial charge < -0.3 is 19.3 Å². The van der Waals surface area contributed by atoms with E-state index < -0.39 is 5.97 Å². The van der Waals surface area contributed by atoms with Crippen molar-refractivity contribution >= 4 is 16.9 Å². The third-order valence-electron chi connectivity index (χ3n) is 4.07. The molecule has 1 aromatic heterocycles. The van der Waals surface area contributed by atoms with Crippen LogP contribution in [0.2, 0.25) is 0 Å². The summed E-state index contributed by atoms with van der Waals surface area (Å²) in [4.78, 5) is 16.5. The van der Waals surface area contributed by atoms with Crippen LogP contribution in [0.15, 0.2) is 42.5 Å². The Bertz CT molecular complexity index is 984. The summed E-state index contributed by atoms with van der Waals surface area (Å²) in [5, 5.41) is 10.2. The lowest BCUT2D eigenvalue weighted by molar-refractivity contribution is 0.0699. The molecule has 0 aliphatic heterocycles. The van der Waals surface area contributed by atoms with Crippen LogP contribution in [0.1, 0.15) is 24.2 Å². The molecule has 1 N–H and O–H groups in total. The van der Waals surface area contributed by atoms with Crippen LogP contribution in [-0.2, 0) is 0 Å². The number of carbonyl (C=O) groups is 1. The topological polar surface area (TPSA) is 77.9 Å². The molecule has 6 heteroatoms. The molecule has 3 aromatic rings. The second-order valence-electron chi connectivity index (χ2n) is 5.77. The van der Waals surface area contributed by atoms with Crippen LogP contribution in [0.4, 0.5) is 0 Å². The number of nitrogens with zero attached hydrogens (tertiary/aromatic N) is 1. The zero-order valence-corrected chi connectivity index (χ0v) is 15.5. The molecule has 0 atom stereocenters. The minimum Gasteiger partial charge on any atom is -0.497 e. The van der Waals surface area contributed by atoms with Gasteiger partial charge in [-0.3, -0.25) is 0 Å². The molecule has 2 aromatic carbocycles. The highest BCUT2D eigenvalue weighted by molar-refractivity contribution is 6.04. The predicted molar refractivity (Wildman–Crippen MR) is 103 cm³/mol. The summed E-state index contributed by atoms with van der Waals surface area (Å²) < 4.78 is 16.5. The summed E-state index contributed by atoms with van der Waals surface area (Å²) in [5.74, 6) is 0.690. The molecular formula is C21H21NO5. The molecule has 1 heterocycles. The highest BCUT2D eigenvalue weighted by Gasteiger charge is 2.17. The molecule has 6 nitrogen and oxygen atoms in total. The summed E-state index contributed by atoms with van der Waals surface area (Å²) in [6.07, 6.45) is 0. The van der Waals surface area contributed by atoms with Crippen molar-refractivity contribution in [2.75, 3.05) is 20.3 Å². The average Bonchev–Trinajstić information content (AvgIpc) is 2.68. The molecule has 0 unspecified atom stereocenters. The summed E-state index contributed by atoms with van der Waals surface area (Å²) in [7, 11) is 1.58. The summed E-state index contributed by atoms with van der Waals surface area (Å²) in [6, 6.07) is 12.3. The third kappa shape index (κ3) is 3.79. The number of pyridine rings is 1. The molecule has 3 rings (SSSR count). The van der Waals surface area contributed by atoms with Crippen molar-refractivity contribution in [3.8, 4) is 28.5 Å². The second kappa shape index (κ2) is 7.95. The number of methoxy groups -OCH3 is 1. The van der Waals surface area contributed by atoms with Crippen LogP contribution in [0.3, 0.4) is 0 Å². The predicted octanol–water partition coefficient (Wildman–Crippen LogP) is 4.41. The van der Waals surface area contributed by atoms with Gasteiger partial charge in [0, 0.05) is 17.0 Å². The summed E-state index contributed by atoms with van der Waals surface area (Å²) in [5.41, 5.74) is 2.00. The van der Waals surface area contributed by atoms with E-state index in [1.165, 1.54) is 0 Å². The van der Waals surface area contributed by atoms with E-state index in [1.54, 1.807) is 25.3 Å². The maximum Gasteiger partial charge on any atom is 0.336 e. The van der Waals surface area contributed by atoms with Crippen molar-refractivity contribution in [3.05, 3.63) is 48.0 Å². The first-order valence-electron chi connectivity index (χ1n) is 8.69. The van der Waals surface area contributed by atoms with Crippen molar-refractivity contribution in [1.82, 2.24) is 4.98 Å². The van der Waals surface area contributed by atoms with Gasteiger partial charge in [0.1, 0.15) is 5.75 Å². The minimum absolute atomic E-state index is 0.154. The molecular weight excluding hydrogens is 346 g/mol. The van der Waals surface area contributed by atoms with Crippen molar-refractivity contribution in [1.29, 1.82) is 0 Å². The molecule has 0 saturated heterocycles. The van der Waals surface area contributed by atoms with Crippen LogP contribution < -0.4 is 14.2 Å². The fourth-order valence-corrected chi connectivity index (χ4v) is 2.88. The number of benzene rings is 2. The lowest BCUT2D eigenvalue weighted by Crippen LogP contribution is -2.03. The molecule has 0 fully saturated rings. The first-order valence-corrected chi connectivity index (χ1v) is 8.69. The van der Waals surface area contributed by atoms with Crippen LogP contribution in [0.25, 0.3) is 22.2 Å². The lowest BCUT2D eigenvalue weighted by atomic mass is 10.0. The van der Waals surface area contributed by atoms with Gasteiger partial charge in [0.05, 0.1) is 37.1 Å². The van der Waals surface area contributed by atoms with Gasteiger partial charge >= 0.3 is 5.97 Å². The number of ether oxygens (including phenoxy) is 3. The lowest BCUT2D eigenvalue weighted by Gasteiger charge is -2.14. The van der Waals surface area contributed by atoms with Gasteiger partial charge in [0.15, 0.2) is 11.5 Å². The molecule has 0 amide bonds. The van der Waals surface area contributed by atoms with E-state index >= 15 is 0 Å². The first kappa shape index (κ1) is 18.5. The highest BCUT2D eigenvalue weighted by Crippen LogP contribution is 2.35. The normalized spacial score (nSPS) is 10.6. The molecule has 140 valence electrons. The first-order chi connectivity index (χ1) is 13.1. The Balaban J connectivity index is 2.25. The molecule has 0 bridgehead atoms. The van der Waals surface area contributed by atoms with E-state index in [0.717, 1.165) is 5.56 Å². The number of aromatic nitrogens is 1. The Morgan fingerprint density at radius 3 is 2.37 bits per heavy atom. The van der Waals surface area contributed by atoms with Gasteiger partial charge in [-0.05, 0) is 38.1 Å². The van der Waals surface area contributed by atoms with Gasteiger partial charge in [-0.25, -0.2) is 9.78 Å². The van der Waals surface area contributed by atoms with E-state index in [1.807, 2.05) is 38.1 Å². The van der Waals surface area contributed by atoms with E-state index in [9.17, 15) is 9.90 Å². The standard InChI is InChI=1S/C21H21NO5/c1-4-26-19-11-15-16(21(23)24)10-17(13-7-6-8-14(9-13)25-3)22-18(15)12-20(19)27-5-2/h6-12H,4-5H2,1-3H3,(H,23,24). The highest BCUT2D eigenvalue weighted by atomic mass is 16.5. The largest absolute Gasteiger partial charge is 0.497 e. The number of fused-ring (bicyclic) bond motifs is 1. The van der Waals surface area contributed by atoms with Gasteiger partial charge in [0.2, 0.25) is 0 Å². The average molecular weight is 367 g/mol. The van der Waals surface area contributed by atoms with E-state index in [4.69, 9.17) is 14.2 Å². The number of rotatable bonds is 7. The molecule has 27 heavy (non-hydrogen) atoms. The monoisotopic (exact) mass is 367 g/mol. The van der Waals surface area contributed by atoms with Crippen molar-refractivity contribution in [2.24, 2.45) is 0 Å². The second-order valence-corrected chi connectivity index (χ2v) is 5.77. The fraction of sp³-hybridized carbons (Fsp3) is 0.238. The minimum atomic E-state index is -1.03. The fourth-order valence-electron chi connectivity index (χ4n) is 2.88. The number of carboxylic acids is 1. The molecule has 0 radical (unpaired) electrons. The Hall–Kier alpha value is -3.28. The zero-order chi connectivity index (χ0) is 19.4. The van der Waals surface area contributed by atoms with Gasteiger partial charge in [0.25, 0.3) is 0 Å². The van der Waals surface area contributed by atoms with Crippen LogP contribution >= 0.6 is 0 Å². The number of hydrogen-bond acceptors (Lipinski definition) is 5. The molecule has 0 aliphatic rings. The molecule has 0 saturated carbocycles.